The number of methoxy groups -OCH3 is 1. The highest BCUT2D eigenvalue weighted by atomic mass is 19.4. The van der Waals surface area contributed by atoms with E-state index in [0.29, 0.717) is 31.0 Å². The highest BCUT2D eigenvalue weighted by Crippen LogP contribution is 2.20. The Bertz CT molecular complexity index is 412. The quantitative estimate of drug-likeness (QED) is 0.780. The second kappa shape index (κ2) is 7.54. The van der Waals surface area contributed by atoms with E-state index in [0.717, 1.165) is 12.1 Å². The van der Waals surface area contributed by atoms with Crippen LogP contribution >= 0.6 is 0 Å². The number of hydrogen-bond acceptors (Lipinski definition) is 4. The van der Waals surface area contributed by atoms with Gasteiger partial charge in [-0.2, -0.15) is 13.2 Å². The average Bonchev–Trinajstić information content (AvgIpc) is 2.29. The molecule has 1 heterocycles. The van der Waals surface area contributed by atoms with Crippen LogP contribution in [-0.2, 0) is 17.6 Å². The van der Waals surface area contributed by atoms with Gasteiger partial charge in [-0.1, -0.05) is 0 Å². The van der Waals surface area contributed by atoms with Gasteiger partial charge in [-0.25, -0.2) is 9.97 Å². The molecular weight excluding hydrogens is 271 g/mol. The molecule has 0 atom stereocenters. The molecule has 0 spiro atoms. The number of alkyl halides is 3. The van der Waals surface area contributed by atoms with Gasteiger partial charge in [0.05, 0.1) is 6.61 Å². The summed E-state index contributed by atoms with van der Waals surface area (Å²) in [5.41, 5.74) is 2.14. The van der Waals surface area contributed by atoms with E-state index in [2.05, 4.69) is 15.3 Å². The van der Waals surface area contributed by atoms with E-state index in [4.69, 9.17) is 4.74 Å². The van der Waals surface area contributed by atoms with E-state index in [1.807, 2.05) is 0 Å². The van der Waals surface area contributed by atoms with Crippen LogP contribution in [0.2, 0.25) is 0 Å². The van der Waals surface area contributed by atoms with Gasteiger partial charge in [0.1, 0.15) is 12.2 Å². The molecule has 0 aliphatic heterocycles. The topological polar surface area (TPSA) is 47.0 Å². The lowest BCUT2D eigenvalue weighted by atomic mass is 10.1. The van der Waals surface area contributed by atoms with Crippen molar-refractivity contribution in [2.75, 3.05) is 26.8 Å². The van der Waals surface area contributed by atoms with Gasteiger partial charge >= 0.3 is 6.18 Å². The molecule has 0 saturated heterocycles. The maximum absolute atomic E-state index is 12.3. The second-order valence-electron chi connectivity index (χ2n) is 4.57. The number of nitrogens with zero attached hydrogens (tertiary/aromatic N) is 2. The van der Waals surface area contributed by atoms with Crippen LogP contribution in [-0.4, -0.2) is 43.0 Å². The maximum atomic E-state index is 12.3. The maximum Gasteiger partial charge on any atom is 0.396 e. The van der Waals surface area contributed by atoms with E-state index < -0.39 is 12.6 Å². The Labute approximate surface area is 116 Å². The molecule has 0 aliphatic carbocycles. The van der Waals surface area contributed by atoms with Gasteiger partial charge in [0.25, 0.3) is 0 Å². The van der Waals surface area contributed by atoms with Crippen molar-refractivity contribution >= 4 is 0 Å². The third kappa shape index (κ3) is 5.83. The summed E-state index contributed by atoms with van der Waals surface area (Å²) >= 11 is 0. The van der Waals surface area contributed by atoms with Crippen molar-refractivity contribution in [1.29, 1.82) is 0 Å². The first-order valence-electron chi connectivity index (χ1n) is 6.43. The lowest BCUT2D eigenvalue weighted by Gasteiger charge is -2.12. The van der Waals surface area contributed by atoms with Gasteiger partial charge in [-0.3, -0.25) is 0 Å². The summed E-state index contributed by atoms with van der Waals surface area (Å²) in [4.78, 5) is 7.90. The Balaban J connectivity index is 2.64. The summed E-state index contributed by atoms with van der Waals surface area (Å²) < 4.78 is 41.9. The molecule has 0 unspecified atom stereocenters. The molecule has 1 aromatic heterocycles. The minimum Gasteiger partial charge on any atom is -0.383 e. The largest absolute Gasteiger partial charge is 0.396 e. The van der Waals surface area contributed by atoms with Crippen LogP contribution in [0.4, 0.5) is 13.2 Å². The van der Waals surface area contributed by atoms with E-state index in [1.165, 1.54) is 0 Å². The third-order valence-electron chi connectivity index (χ3n) is 2.86. The summed E-state index contributed by atoms with van der Waals surface area (Å²) in [7, 11) is 1.63. The van der Waals surface area contributed by atoms with Gasteiger partial charge in [0.15, 0.2) is 0 Å². The molecular formula is C13H20F3N3O. The summed E-state index contributed by atoms with van der Waals surface area (Å²) in [6.45, 7) is 5.52. The SMILES string of the molecule is COCCNCCc1c(C)nc(CC(F)(F)F)nc1C. The number of aromatic nitrogens is 2. The number of hydrogen-bond donors (Lipinski definition) is 1. The summed E-state index contributed by atoms with van der Waals surface area (Å²) in [6.07, 6.45) is -4.67. The molecule has 0 aromatic carbocycles. The van der Waals surface area contributed by atoms with Crippen LogP contribution in [0.15, 0.2) is 0 Å². The minimum absolute atomic E-state index is 0.163. The van der Waals surface area contributed by atoms with Crippen LogP contribution in [0.5, 0.6) is 0 Å². The molecule has 0 bridgehead atoms. The van der Waals surface area contributed by atoms with E-state index in [-0.39, 0.29) is 5.82 Å². The molecule has 0 fully saturated rings. The summed E-state index contributed by atoms with van der Waals surface area (Å²) in [5, 5.41) is 3.18. The molecule has 1 rings (SSSR count). The second-order valence-corrected chi connectivity index (χ2v) is 4.57. The van der Waals surface area contributed by atoms with E-state index in [1.54, 1.807) is 21.0 Å². The Kier molecular flexibility index (Phi) is 6.35. The number of nitrogens with one attached hydrogen (secondary N) is 1. The number of halogens is 3. The molecule has 114 valence electrons. The zero-order valence-electron chi connectivity index (χ0n) is 12.0. The van der Waals surface area contributed by atoms with E-state index in [9.17, 15) is 13.2 Å². The van der Waals surface area contributed by atoms with Crippen molar-refractivity contribution in [3.05, 3.63) is 22.8 Å². The molecule has 1 aromatic rings. The predicted molar refractivity (Wildman–Crippen MR) is 69.7 cm³/mol. The first-order chi connectivity index (χ1) is 9.33. The number of ether oxygens (including phenoxy) is 1. The molecule has 1 N–H and O–H groups in total. The zero-order chi connectivity index (χ0) is 15.2. The minimum atomic E-state index is -4.28. The fraction of sp³-hybridized carbons (Fsp3) is 0.692. The first-order valence-corrected chi connectivity index (χ1v) is 6.43. The average molecular weight is 291 g/mol. The number of rotatable bonds is 7. The highest BCUT2D eigenvalue weighted by molar-refractivity contribution is 5.24. The first kappa shape index (κ1) is 16.8. The third-order valence-corrected chi connectivity index (χ3v) is 2.86. The molecule has 7 heteroatoms. The summed E-state index contributed by atoms with van der Waals surface area (Å²) in [6, 6.07) is 0. The standard InChI is InChI=1S/C13H20F3N3O/c1-9-11(4-5-17-6-7-20-3)10(2)19-12(18-9)8-13(14,15)16/h17H,4-8H2,1-3H3. The predicted octanol–water partition coefficient (Wildman–Crippen LogP) is 1.98. The fourth-order valence-corrected chi connectivity index (χ4v) is 1.94. The van der Waals surface area contributed by atoms with Gasteiger partial charge in [-0.05, 0) is 32.4 Å². The van der Waals surface area contributed by atoms with Crippen LogP contribution in [0.3, 0.4) is 0 Å². The van der Waals surface area contributed by atoms with Crippen LogP contribution in [0.1, 0.15) is 22.8 Å². The molecule has 0 radical (unpaired) electrons. The van der Waals surface area contributed by atoms with Crippen molar-refractivity contribution in [1.82, 2.24) is 15.3 Å². The van der Waals surface area contributed by atoms with Gasteiger partial charge in [0, 0.05) is 25.0 Å². The normalized spacial score (nSPS) is 11.9. The van der Waals surface area contributed by atoms with Crippen molar-refractivity contribution in [2.24, 2.45) is 0 Å². The van der Waals surface area contributed by atoms with E-state index >= 15 is 0 Å². The smallest absolute Gasteiger partial charge is 0.383 e. The molecule has 0 aliphatic rings. The van der Waals surface area contributed by atoms with Gasteiger partial charge < -0.3 is 10.1 Å². The van der Waals surface area contributed by atoms with Gasteiger partial charge in [0.2, 0.25) is 0 Å². The lowest BCUT2D eigenvalue weighted by Crippen LogP contribution is -2.23. The van der Waals surface area contributed by atoms with Crippen LogP contribution in [0.25, 0.3) is 0 Å². The monoisotopic (exact) mass is 291 g/mol. The zero-order valence-corrected chi connectivity index (χ0v) is 12.0. The van der Waals surface area contributed by atoms with Crippen LogP contribution < -0.4 is 5.32 Å². The Hall–Kier alpha value is -1.21. The van der Waals surface area contributed by atoms with Crippen molar-refractivity contribution < 1.29 is 17.9 Å². The van der Waals surface area contributed by atoms with Crippen molar-refractivity contribution in [3.63, 3.8) is 0 Å². The van der Waals surface area contributed by atoms with Crippen LogP contribution in [0, 0.1) is 13.8 Å². The Morgan fingerprint density at radius 3 is 2.20 bits per heavy atom. The summed E-state index contributed by atoms with van der Waals surface area (Å²) in [5.74, 6) is -0.163. The Morgan fingerprint density at radius 1 is 1.10 bits per heavy atom. The Morgan fingerprint density at radius 2 is 1.70 bits per heavy atom. The molecule has 20 heavy (non-hydrogen) atoms. The number of aryl methyl sites for hydroxylation is 2. The molecule has 0 amide bonds. The fourth-order valence-electron chi connectivity index (χ4n) is 1.94. The molecule has 0 saturated carbocycles. The highest BCUT2D eigenvalue weighted by Gasteiger charge is 2.29. The lowest BCUT2D eigenvalue weighted by molar-refractivity contribution is -0.128. The van der Waals surface area contributed by atoms with Crippen molar-refractivity contribution in [3.8, 4) is 0 Å². The van der Waals surface area contributed by atoms with Crippen molar-refractivity contribution in [2.45, 2.75) is 32.9 Å². The molecule has 4 nitrogen and oxygen atoms in total. The van der Waals surface area contributed by atoms with Gasteiger partial charge in [-0.15, -0.1) is 0 Å².